The lowest BCUT2D eigenvalue weighted by atomic mass is 10.3. The molecule has 0 atom stereocenters. The van der Waals surface area contributed by atoms with Crippen molar-refractivity contribution in [2.45, 2.75) is 19.9 Å². The first-order chi connectivity index (χ1) is 7.33. The smallest absolute Gasteiger partial charge is 0.244 e. The van der Waals surface area contributed by atoms with Crippen LogP contribution in [0.5, 0.6) is 0 Å². The molecule has 77 valence electrons. The van der Waals surface area contributed by atoms with Crippen LogP contribution in [0.15, 0.2) is 29.1 Å². The van der Waals surface area contributed by atoms with Gasteiger partial charge in [0.1, 0.15) is 0 Å². The average Bonchev–Trinajstić information content (AvgIpc) is 2.63. The zero-order valence-corrected chi connectivity index (χ0v) is 8.42. The number of aromatic nitrogens is 4. The Kier molecular flexibility index (Phi) is 2.62. The number of hydrogen-bond acceptors (Lipinski definition) is 3. The molecule has 1 aromatic heterocycles. The van der Waals surface area contributed by atoms with E-state index in [9.17, 15) is 4.79 Å². The fraction of sp³-hybridized carbons (Fsp3) is 0.300. The monoisotopic (exact) mass is 203 g/mol. The normalized spacial score (nSPS) is 10.5. The molecule has 0 aliphatic heterocycles. The maximum absolute atomic E-state index is 11.8. The second kappa shape index (κ2) is 4.08. The van der Waals surface area contributed by atoms with Gasteiger partial charge in [0.05, 0.1) is 5.69 Å². The van der Waals surface area contributed by atoms with Gasteiger partial charge in [0.25, 0.3) is 0 Å². The maximum atomic E-state index is 11.8. The summed E-state index contributed by atoms with van der Waals surface area (Å²) in [6.07, 6.45) is 0.862. The van der Waals surface area contributed by atoms with E-state index in [0.29, 0.717) is 12.2 Å². The van der Waals surface area contributed by atoms with Crippen LogP contribution in [-0.2, 0) is 6.54 Å². The van der Waals surface area contributed by atoms with E-state index in [1.165, 1.54) is 9.36 Å². The van der Waals surface area contributed by atoms with Crippen LogP contribution >= 0.6 is 0 Å². The summed E-state index contributed by atoms with van der Waals surface area (Å²) < 4.78 is 2.64. The Labute approximate surface area is 86.9 Å². The summed E-state index contributed by atoms with van der Waals surface area (Å²) in [6, 6.07) is 9.90. The van der Waals surface area contributed by atoms with E-state index in [0.717, 1.165) is 6.42 Å². The number of rotatable bonds is 3. The highest BCUT2D eigenvalue weighted by Crippen LogP contribution is 1.99. The molecular formula is C10H11N4O. The van der Waals surface area contributed by atoms with Gasteiger partial charge in [-0.3, -0.25) is 0 Å². The molecule has 0 unspecified atom stereocenters. The Hall–Kier alpha value is -1.91. The van der Waals surface area contributed by atoms with Crippen LogP contribution in [0.2, 0.25) is 0 Å². The summed E-state index contributed by atoms with van der Waals surface area (Å²) >= 11 is 0. The molecule has 0 fully saturated rings. The van der Waals surface area contributed by atoms with E-state index in [1.807, 2.05) is 6.92 Å². The fourth-order valence-corrected chi connectivity index (χ4v) is 1.31. The summed E-state index contributed by atoms with van der Waals surface area (Å²) in [6.45, 7) is 2.58. The molecule has 1 heterocycles. The quantitative estimate of drug-likeness (QED) is 0.735. The van der Waals surface area contributed by atoms with Gasteiger partial charge in [-0.15, -0.1) is 0 Å². The Bertz CT molecular complexity index is 486. The molecule has 0 N–H and O–H groups in total. The highest BCUT2D eigenvalue weighted by Gasteiger charge is 2.06. The molecule has 15 heavy (non-hydrogen) atoms. The molecule has 2 rings (SSSR count). The maximum Gasteiger partial charge on any atom is 0.368 e. The van der Waals surface area contributed by atoms with Crippen molar-refractivity contribution in [3.63, 3.8) is 0 Å². The van der Waals surface area contributed by atoms with E-state index in [2.05, 4.69) is 16.5 Å². The van der Waals surface area contributed by atoms with E-state index < -0.39 is 0 Å². The van der Waals surface area contributed by atoms with Crippen LogP contribution in [0.3, 0.4) is 0 Å². The lowest BCUT2D eigenvalue weighted by Gasteiger charge is -1.95. The molecule has 1 radical (unpaired) electrons. The third kappa shape index (κ3) is 1.81. The molecular weight excluding hydrogens is 192 g/mol. The zero-order chi connectivity index (χ0) is 10.7. The molecule has 0 aliphatic rings. The Balaban J connectivity index is 2.43. The van der Waals surface area contributed by atoms with Crippen molar-refractivity contribution < 1.29 is 0 Å². The van der Waals surface area contributed by atoms with E-state index in [1.54, 1.807) is 24.3 Å². The number of aryl methyl sites for hydroxylation is 1. The summed E-state index contributed by atoms with van der Waals surface area (Å²) in [5.74, 6) is 0. The van der Waals surface area contributed by atoms with Gasteiger partial charge < -0.3 is 0 Å². The highest BCUT2D eigenvalue weighted by atomic mass is 16.2. The first-order valence-electron chi connectivity index (χ1n) is 4.82. The van der Waals surface area contributed by atoms with Crippen LogP contribution in [0.25, 0.3) is 5.69 Å². The molecule has 0 aliphatic carbocycles. The predicted molar refractivity (Wildman–Crippen MR) is 54.7 cm³/mol. The van der Waals surface area contributed by atoms with Gasteiger partial charge >= 0.3 is 5.69 Å². The van der Waals surface area contributed by atoms with Gasteiger partial charge in [0, 0.05) is 6.54 Å². The molecule has 0 bridgehead atoms. The summed E-state index contributed by atoms with van der Waals surface area (Å²) in [5, 5.41) is 7.60. The minimum atomic E-state index is -0.206. The second-order valence-electron chi connectivity index (χ2n) is 3.15. The van der Waals surface area contributed by atoms with Crippen molar-refractivity contribution in [1.82, 2.24) is 19.8 Å². The predicted octanol–water partition coefficient (Wildman–Crippen LogP) is 0.639. The van der Waals surface area contributed by atoms with Gasteiger partial charge in [-0.25, -0.2) is 4.79 Å². The van der Waals surface area contributed by atoms with Crippen molar-refractivity contribution in [3.8, 4) is 5.69 Å². The molecule has 5 nitrogen and oxygen atoms in total. The van der Waals surface area contributed by atoms with Crippen LogP contribution < -0.4 is 5.69 Å². The SMILES string of the molecule is CCCn1nnn(-c2cc[c]cc2)c1=O. The van der Waals surface area contributed by atoms with Gasteiger partial charge in [-0.1, -0.05) is 19.1 Å². The third-order valence-electron chi connectivity index (χ3n) is 2.02. The van der Waals surface area contributed by atoms with Gasteiger partial charge in [0.15, 0.2) is 0 Å². The third-order valence-corrected chi connectivity index (χ3v) is 2.02. The molecule has 1 aromatic carbocycles. The van der Waals surface area contributed by atoms with Gasteiger partial charge in [-0.05, 0) is 35.0 Å². The first kappa shape index (κ1) is 9.64. The largest absolute Gasteiger partial charge is 0.368 e. The Morgan fingerprint density at radius 3 is 2.73 bits per heavy atom. The van der Waals surface area contributed by atoms with Crippen molar-refractivity contribution >= 4 is 0 Å². The lowest BCUT2D eigenvalue weighted by Crippen LogP contribution is -2.24. The molecule has 0 spiro atoms. The van der Waals surface area contributed by atoms with Crippen LogP contribution in [0.4, 0.5) is 0 Å². The average molecular weight is 203 g/mol. The number of hydrogen-bond donors (Lipinski definition) is 0. The minimum Gasteiger partial charge on any atom is -0.244 e. The molecule has 2 aromatic rings. The second-order valence-corrected chi connectivity index (χ2v) is 3.15. The van der Waals surface area contributed by atoms with Crippen molar-refractivity contribution in [1.29, 1.82) is 0 Å². The minimum absolute atomic E-state index is 0.206. The molecule has 0 saturated carbocycles. The van der Waals surface area contributed by atoms with Crippen molar-refractivity contribution in [2.24, 2.45) is 0 Å². The Morgan fingerprint density at radius 2 is 2.07 bits per heavy atom. The molecule has 0 saturated heterocycles. The highest BCUT2D eigenvalue weighted by molar-refractivity contribution is 5.28. The Morgan fingerprint density at radius 1 is 1.33 bits per heavy atom. The lowest BCUT2D eigenvalue weighted by molar-refractivity contribution is 0.564. The van der Waals surface area contributed by atoms with E-state index in [-0.39, 0.29) is 5.69 Å². The fourth-order valence-electron chi connectivity index (χ4n) is 1.31. The number of tetrazole rings is 1. The zero-order valence-electron chi connectivity index (χ0n) is 8.42. The van der Waals surface area contributed by atoms with Crippen LogP contribution in [0, 0.1) is 6.07 Å². The number of nitrogens with zero attached hydrogens (tertiary/aromatic N) is 4. The summed E-state index contributed by atoms with van der Waals surface area (Å²) in [4.78, 5) is 11.8. The van der Waals surface area contributed by atoms with E-state index in [4.69, 9.17) is 0 Å². The molecule has 0 amide bonds. The van der Waals surface area contributed by atoms with E-state index >= 15 is 0 Å². The summed E-state index contributed by atoms with van der Waals surface area (Å²) in [5.41, 5.74) is 0.504. The summed E-state index contributed by atoms with van der Waals surface area (Å²) in [7, 11) is 0. The van der Waals surface area contributed by atoms with Crippen molar-refractivity contribution in [3.05, 3.63) is 40.8 Å². The topological polar surface area (TPSA) is 52.7 Å². The van der Waals surface area contributed by atoms with Crippen molar-refractivity contribution in [2.75, 3.05) is 0 Å². The number of benzene rings is 1. The van der Waals surface area contributed by atoms with Gasteiger partial charge in [-0.2, -0.15) is 9.36 Å². The van der Waals surface area contributed by atoms with Crippen LogP contribution in [0.1, 0.15) is 13.3 Å². The standard InChI is InChI=1S/C10H11N4O/c1-2-8-13-10(15)14(12-11-13)9-6-4-3-5-7-9/h4-7H,2,8H2,1H3. The van der Waals surface area contributed by atoms with Gasteiger partial charge in [0.2, 0.25) is 0 Å². The molecule has 5 heteroatoms. The van der Waals surface area contributed by atoms with Crippen LogP contribution in [-0.4, -0.2) is 19.8 Å². The first-order valence-corrected chi connectivity index (χ1v) is 4.82.